The molecule has 0 aliphatic rings. The normalized spacial score (nSPS) is 10.7. The van der Waals surface area contributed by atoms with E-state index >= 15 is 0 Å². The maximum absolute atomic E-state index is 9.14. The Bertz CT molecular complexity index is 541. The number of aryl methyl sites for hydroxylation is 3. The summed E-state index contributed by atoms with van der Waals surface area (Å²) < 4.78 is 10.8. The predicted octanol–water partition coefficient (Wildman–Crippen LogP) is 2.32. The number of rotatable bonds is 5. The number of hydrogen-bond acceptors (Lipinski definition) is 5. The summed E-state index contributed by atoms with van der Waals surface area (Å²) in [6.45, 7) is 6.16. The molecule has 19 heavy (non-hydrogen) atoms. The van der Waals surface area contributed by atoms with Gasteiger partial charge in [0, 0.05) is 6.42 Å². The molecule has 102 valence electrons. The van der Waals surface area contributed by atoms with Crippen molar-refractivity contribution in [2.45, 2.75) is 40.4 Å². The summed E-state index contributed by atoms with van der Waals surface area (Å²) in [7, 11) is 0. The monoisotopic (exact) mass is 262 g/mol. The van der Waals surface area contributed by atoms with Gasteiger partial charge in [-0.25, -0.2) is 0 Å². The molecule has 0 aliphatic carbocycles. The lowest BCUT2D eigenvalue weighted by atomic mass is 10.1. The average molecular weight is 262 g/mol. The quantitative estimate of drug-likeness (QED) is 0.895. The molecule has 1 aromatic carbocycles. The van der Waals surface area contributed by atoms with Crippen LogP contribution in [0.5, 0.6) is 5.75 Å². The number of aliphatic hydroxyl groups is 1. The van der Waals surface area contributed by atoms with E-state index in [1.54, 1.807) is 0 Å². The second kappa shape index (κ2) is 5.84. The summed E-state index contributed by atoms with van der Waals surface area (Å²) in [6, 6.07) is 3.82. The standard InChI is InChI=1S/C14H18N2O3/c1-4-12-15-13(19-16-12)8-18-14-9(2)5-11(7-17)6-10(14)3/h5-6,17H,4,7-8H2,1-3H3. The molecule has 5 heteroatoms. The van der Waals surface area contributed by atoms with Crippen LogP contribution < -0.4 is 4.74 Å². The van der Waals surface area contributed by atoms with Gasteiger partial charge in [0.25, 0.3) is 5.89 Å². The highest BCUT2D eigenvalue weighted by Gasteiger charge is 2.09. The van der Waals surface area contributed by atoms with Gasteiger partial charge >= 0.3 is 0 Å². The number of hydrogen-bond donors (Lipinski definition) is 1. The number of ether oxygens (including phenoxy) is 1. The summed E-state index contributed by atoms with van der Waals surface area (Å²) in [5.74, 6) is 1.96. The molecular formula is C14H18N2O3. The number of aliphatic hydroxyl groups excluding tert-OH is 1. The molecule has 1 aromatic heterocycles. The van der Waals surface area contributed by atoms with E-state index in [1.807, 2.05) is 32.9 Å². The van der Waals surface area contributed by atoms with Crippen molar-refractivity contribution in [3.63, 3.8) is 0 Å². The van der Waals surface area contributed by atoms with E-state index in [1.165, 1.54) is 0 Å². The second-order valence-electron chi connectivity index (χ2n) is 4.46. The lowest BCUT2D eigenvalue weighted by Crippen LogP contribution is -2.00. The van der Waals surface area contributed by atoms with Gasteiger partial charge in [0.2, 0.25) is 0 Å². The molecule has 2 rings (SSSR count). The molecule has 0 bridgehead atoms. The highest BCUT2D eigenvalue weighted by atomic mass is 16.5. The Balaban J connectivity index is 2.11. The summed E-state index contributed by atoms with van der Waals surface area (Å²) in [6.07, 6.45) is 0.743. The fourth-order valence-corrected chi connectivity index (χ4v) is 1.99. The lowest BCUT2D eigenvalue weighted by Gasteiger charge is -2.12. The van der Waals surface area contributed by atoms with Crippen molar-refractivity contribution >= 4 is 0 Å². The minimum atomic E-state index is 0.0332. The highest BCUT2D eigenvalue weighted by Crippen LogP contribution is 2.25. The van der Waals surface area contributed by atoms with Gasteiger partial charge in [0.05, 0.1) is 6.61 Å². The first kappa shape index (κ1) is 13.5. The van der Waals surface area contributed by atoms with Crippen LogP contribution in [0.3, 0.4) is 0 Å². The van der Waals surface area contributed by atoms with Crippen LogP contribution in [0.25, 0.3) is 0 Å². The molecular weight excluding hydrogens is 244 g/mol. The van der Waals surface area contributed by atoms with Gasteiger partial charge in [-0.15, -0.1) is 0 Å². The van der Waals surface area contributed by atoms with Crippen molar-refractivity contribution in [1.82, 2.24) is 10.1 Å². The fourth-order valence-electron chi connectivity index (χ4n) is 1.99. The molecule has 0 radical (unpaired) electrons. The molecule has 0 unspecified atom stereocenters. The van der Waals surface area contributed by atoms with Crippen LogP contribution in [0.1, 0.15) is 35.3 Å². The molecule has 0 amide bonds. The van der Waals surface area contributed by atoms with E-state index in [4.69, 9.17) is 14.4 Å². The van der Waals surface area contributed by atoms with Gasteiger partial charge in [0.1, 0.15) is 5.75 Å². The first-order valence-electron chi connectivity index (χ1n) is 6.29. The molecule has 1 N–H and O–H groups in total. The number of benzene rings is 1. The largest absolute Gasteiger partial charge is 0.483 e. The van der Waals surface area contributed by atoms with Gasteiger partial charge in [-0.1, -0.05) is 24.2 Å². The second-order valence-corrected chi connectivity index (χ2v) is 4.46. The zero-order valence-corrected chi connectivity index (χ0v) is 11.4. The molecule has 2 aromatic rings. The summed E-state index contributed by atoms with van der Waals surface area (Å²) >= 11 is 0. The van der Waals surface area contributed by atoms with E-state index in [0.717, 1.165) is 28.9 Å². The molecule has 0 atom stereocenters. The third-order valence-electron chi connectivity index (χ3n) is 2.87. The van der Waals surface area contributed by atoms with E-state index in [2.05, 4.69) is 10.1 Å². The molecule has 0 saturated heterocycles. The summed E-state index contributed by atoms with van der Waals surface area (Å²) in [5.41, 5.74) is 2.85. The molecule has 0 fully saturated rings. The first-order valence-corrected chi connectivity index (χ1v) is 6.29. The zero-order chi connectivity index (χ0) is 13.8. The fraction of sp³-hybridized carbons (Fsp3) is 0.429. The van der Waals surface area contributed by atoms with Crippen molar-refractivity contribution < 1.29 is 14.4 Å². The van der Waals surface area contributed by atoms with Crippen molar-refractivity contribution in [3.05, 3.63) is 40.5 Å². The molecule has 5 nitrogen and oxygen atoms in total. The zero-order valence-electron chi connectivity index (χ0n) is 11.4. The Morgan fingerprint density at radius 2 is 1.95 bits per heavy atom. The first-order chi connectivity index (χ1) is 9.13. The van der Waals surface area contributed by atoms with Crippen molar-refractivity contribution in [2.75, 3.05) is 0 Å². The van der Waals surface area contributed by atoms with Gasteiger partial charge in [-0.05, 0) is 30.5 Å². The highest BCUT2D eigenvalue weighted by molar-refractivity contribution is 5.43. The lowest BCUT2D eigenvalue weighted by molar-refractivity contribution is 0.239. The third-order valence-corrected chi connectivity index (χ3v) is 2.87. The van der Waals surface area contributed by atoms with Crippen LogP contribution in [0, 0.1) is 13.8 Å². The molecule has 0 aliphatic heterocycles. The predicted molar refractivity (Wildman–Crippen MR) is 69.8 cm³/mol. The maximum Gasteiger partial charge on any atom is 0.264 e. The van der Waals surface area contributed by atoms with Gasteiger partial charge < -0.3 is 14.4 Å². The molecule has 1 heterocycles. The Morgan fingerprint density at radius 1 is 1.26 bits per heavy atom. The van der Waals surface area contributed by atoms with Crippen molar-refractivity contribution in [2.24, 2.45) is 0 Å². The van der Waals surface area contributed by atoms with E-state index < -0.39 is 0 Å². The third kappa shape index (κ3) is 3.12. The van der Waals surface area contributed by atoms with Crippen molar-refractivity contribution in [1.29, 1.82) is 0 Å². The topological polar surface area (TPSA) is 68.4 Å². The Labute approximate surface area is 112 Å². The smallest absolute Gasteiger partial charge is 0.264 e. The van der Waals surface area contributed by atoms with Gasteiger partial charge in [0.15, 0.2) is 12.4 Å². The van der Waals surface area contributed by atoms with Crippen LogP contribution in [-0.4, -0.2) is 15.2 Å². The molecule has 0 saturated carbocycles. The number of aromatic nitrogens is 2. The van der Waals surface area contributed by atoms with Gasteiger partial charge in [-0.3, -0.25) is 0 Å². The Hall–Kier alpha value is -1.88. The summed E-state index contributed by atoms with van der Waals surface area (Å²) in [4.78, 5) is 4.19. The minimum Gasteiger partial charge on any atom is -0.483 e. The van der Waals surface area contributed by atoms with E-state index in [-0.39, 0.29) is 13.2 Å². The van der Waals surface area contributed by atoms with Crippen LogP contribution in [0.2, 0.25) is 0 Å². The average Bonchev–Trinajstić information content (AvgIpc) is 2.85. The minimum absolute atomic E-state index is 0.0332. The van der Waals surface area contributed by atoms with Crippen LogP contribution in [0.4, 0.5) is 0 Å². The SMILES string of the molecule is CCc1noc(COc2c(C)cc(CO)cc2C)n1. The molecule has 0 spiro atoms. The maximum atomic E-state index is 9.14. The Kier molecular flexibility index (Phi) is 4.16. The van der Waals surface area contributed by atoms with Crippen LogP contribution >= 0.6 is 0 Å². The Morgan fingerprint density at radius 3 is 2.47 bits per heavy atom. The van der Waals surface area contributed by atoms with E-state index in [9.17, 15) is 0 Å². The number of nitrogens with zero attached hydrogens (tertiary/aromatic N) is 2. The summed E-state index contributed by atoms with van der Waals surface area (Å²) in [5, 5.41) is 13.0. The van der Waals surface area contributed by atoms with E-state index in [0.29, 0.717) is 11.7 Å². The van der Waals surface area contributed by atoms with Gasteiger partial charge in [-0.2, -0.15) is 4.98 Å². The van der Waals surface area contributed by atoms with Crippen LogP contribution in [-0.2, 0) is 19.6 Å². The van der Waals surface area contributed by atoms with Crippen molar-refractivity contribution in [3.8, 4) is 5.75 Å². The van der Waals surface area contributed by atoms with Crippen LogP contribution in [0.15, 0.2) is 16.7 Å².